The van der Waals surface area contributed by atoms with Crippen molar-refractivity contribution in [2.75, 3.05) is 33.5 Å². The zero-order chi connectivity index (χ0) is 54.8. The fraction of sp³-hybridized carbons (Fsp3) is 0.603. The molecule has 0 saturated heterocycles. The molecule has 8 bridgehead atoms. The predicted molar refractivity (Wildman–Crippen MR) is 313 cm³/mol. The van der Waals surface area contributed by atoms with Crippen molar-refractivity contribution in [1.29, 1.82) is 0 Å². The van der Waals surface area contributed by atoms with Crippen LogP contribution >= 0.6 is 0 Å². The van der Waals surface area contributed by atoms with Crippen LogP contribution in [0.1, 0.15) is 215 Å². The Morgan fingerprint density at radius 2 is 1.42 bits per heavy atom. The van der Waals surface area contributed by atoms with Crippen LogP contribution in [0.2, 0.25) is 0 Å². The van der Waals surface area contributed by atoms with Crippen molar-refractivity contribution in [3.8, 4) is 0 Å². The van der Waals surface area contributed by atoms with Crippen LogP contribution in [0.4, 0.5) is 0 Å². The first-order chi connectivity index (χ1) is 35.9. The number of nitrogens with one attached hydrogen (secondary N) is 3. The molecule has 2 aliphatic rings. The van der Waals surface area contributed by atoms with E-state index in [1.807, 2.05) is 39.0 Å². The average molecular weight is 1060 g/mol. The molecule has 0 fully saturated rings. The summed E-state index contributed by atoms with van der Waals surface area (Å²) in [4.78, 5) is 60.0. The normalized spacial score (nSPS) is 15.5. The molecule has 76 heavy (non-hydrogen) atoms. The molecule has 412 valence electrons. The Bertz CT molecular complexity index is 2650. The van der Waals surface area contributed by atoms with Crippen LogP contribution in [0.25, 0.3) is 39.3 Å². The zero-order valence-corrected chi connectivity index (χ0v) is 50.4. The number of rotatable bonds is 30. The number of carbonyl (C=O) groups excluding carboxylic acids is 3. The number of esters is 2. The van der Waals surface area contributed by atoms with E-state index in [1.54, 1.807) is 0 Å². The van der Waals surface area contributed by atoms with E-state index in [9.17, 15) is 14.4 Å². The van der Waals surface area contributed by atoms with Crippen LogP contribution in [-0.2, 0) is 46.2 Å². The SMILES string of the molecule is C=Cc1c(C)c2cc3nc(c(CC(=O)OC)c4nc(cc5[nH]c(cc1[nH]2)c(C)c5CC)C(C)=C4C(=O)NCCCC(OCC)OCC)C(CCC(=O)OCC=C(C)CCCC(C)CCCC(C)CCCC(C)C)C3C.[Mg+2]. The summed E-state index contributed by atoms with van der Waals surface area (Å²) >= 11 is 0. The van der Waals surface area contributed by atoms with Gasteiger partial charge in [-0.15, -0.1) is 0 Å². The van der Waals surface area contributed by atoms with Gasteiger partial charge in [0.1, 0.15) is 6.61 Å². The number of hydrogen-bond acceptors (Lipinski definition) is 9. The molecular formula is C63H93MgN5O7+2. The van der Waals surface area contributed by atoms with Crippen molar-refractivity contribution >= 4 is 80.2 Å². The Balaban J connectivity index is 0.0000125. The number of H-pyrrole nitrogens is 2. The van der Waals surface area contributed by atoms with Crippen LogP contribution in [0, 0.1) is 31.6 Å². The quantitative estimate of drug-likeness (QED) is 0.0194. The maximum atomic E-state index is 14.7. The molecule has 0 saturated carbocycles. The Morgan fingerprint density at radius 1 is 0.776 bits per heavy atom. The molecule has 5 heterocycles. The Morgan fingerprint density at radius 3 is 2.05 bits per heavy atom. The van der Waals surface area contributed by atoms with Crippen LogP contribution in [-0.4, -0.2) is 101 Å². The Kier molecular flexibility index (Phi) is 26.7. The predicted octanol–water partition coefficient (Wildman–Crippen LogP) is 14.3. The van der Waals surface area contributed by atoms with Gasteiger partial charge in [-0.2, -0.15) is 0 Å². The number of aryl methyl sites for hydroxylation is 3. The molecule has 5 rings (SSSR count). The largest absolute Gasteiger partial charge is 2.00 e. The van der Waals surface area contributed by atoms with E-state index in [1.165, 1.54) is 57.6 Å². The topological polar surface area (TPSA) is 158 Å². The first kappa shape index (κ1) is 64.0. The number of nitrogens with zero attached hydrogens (tertiary/aromatic N) is 2. The summed E-state index contributed by atoms with van der Waals surface area (Å²) in [7, 11) is 1.36. The summed E-state index contributed by atoms with van der Waals surface area (Å²) in [6.45, 7) is 31.5. The van der Waals surface area contributed by atoms with Gasteiger partial charge in [0.05, 0.1) is 36.2 Å². The Hall–Kier alpha value is -4.56. The van der Waals surface area contributed by atoms with Gasteiger partial charge < -0.3 is 34.2 Å². The van der Waals surface area contributed by atoms with Crippen molar-refractivity contribution in [3.63, 3.8) is 0 Å². The van der Waals surface area contributed by atoms with Crippen molar-refractivity contribution in [2.24, 2.45) is 17.8 Å². The molecule has 3 N–H and O–H groups in total. The number of ether oxygens (including phenoxy) is 4. The van der Waals surface area contributed by atoms with Crippen LogP contribution in [0.5, 0.6) is 0 Å². The number of methoxy groups -OCH3 is 1. The summed E-state index contributed by atoms with van der Waals surface area (Å²) in [6, 6.07) is 6.19. The van der Waals surface area contributed by atoms with E-state index in [0.29, 0.717) is 78.7 Å². The van der Waals surface area contributed by atoms with Crippen molar-refractivity contribution in [3.05, 3.63) is 87.0 Å². The van der Waals surface area contributed by atoms with Gasteiger partial charge in [-0.1, -0.05) is 105 Å². The molecule has 4 atom stereocenters. The molecule has 3 aromatic rings. The van der Waals surface area contributed by atoms with Crippen LogP contribution in [0.15, 0.2) is 36.4 Å². The third-order valence-corrected chi connectivity index (χ3v) is 15.6. The monoisotopic (exact) mass is 1060 g/mol. The number of hydrogen-bond donors (Lipinski definition) is 3. The smallest absolute Gasteiger partial charge is 0.469 e. The van der Waals surface area contributed by atoms with Crippen LogP contribution < -0.4 is 5.32 Å². The van der Waals surface area contributed by atoms with E-state index in [2.05, 4.69) is 96.3 Å². The zero-order valence-electron chi connectivity index (χ0n) is 49.0. The maximum absolute atomic E-state index is 14.7. The summed E-state index contributed by atoms with van der Waals surface area (Å²) in [5.41, 5.74) is 12.9. The number of carbonyl (C=O) groups is 3. The minimum atomic E-state index is -0.496. The van der Waals surface area contributed by atoms with Gasteiger partial charge in [-0.25, -0.2) is 4.98 Å². The third kappa shape index (κ3) is 17.7. The standard InChI is InChI=1S/C63H93N5O7.Mg/c1-15-47-43(10)51-36-53-45(12)49(30-31-57(69)75-34-32-42(9)28-21-27-41(8)26-20-25-40(7)24-19-23-39(5)6)61(67-53)50(35-58(70)72-14)62-60(63(71)64-33-22-29-59(73-17-3)74-18-4)46(13)54(68-62)38-56-48(16-2)44(11)52(66-56)37-55(47)65-51;/h15,32,36-41,45,49,59,65-66H,1,16-31,33-35H2,2-14H3,(H,64,71);/q;+2. The minimum Gasteiger partial charge on any atom is -0.469 e. The second kappa shape index (κ2) is 31.7. The third-order valence-electron chi connectivity index (χ3n) is 15.6. The van der Waals surface area contributed by atoms with Gasteiger partial charge in [0.25, 0.3) is 5.91 Å². The first-order valence-corrected chi connectivity index (χ1v) is 28.4. The summed E-state index contributed by atoms with van der Waals surface area (Å²) in [6.07, 6.45) is 17.1. The average Bonchev–Trinajstić information content (AvgIpc) is 4.06. The fourth-order valence-electron chi connectivity index (χ4n) is 10.9. The number of aromatic amines is 2. The second-order valence-electron chi connectivity index (χ2n) is 21.8. The van der Waals surface area contributed by atoms with E-state index < -0.39 is 5.97 Å². The number of allylic oxidation sites excluding steroid dienone is 2. The van der Waals surface area contributed by atoms with Crippen molar-refractivity contribution in [2.45, 2.75) is 198 Å². The number of fused-ring (bicyclic) bond motifs is 8. The number of amides is 1. The van der Waals surface area contributed by atoms with E-state index in [0.717, 1.165) is 81.1 Å². The molecule has 4 unspecified atom stereocenters. The van der Waals surface area contributed by atoms with Crippen molar-refractivity contribution < 1.29 is 33.3 Å². The fourth-order valence-corrected chi connectivity index (χ4v) is 10.9. The molecule has 0 spiro atoms. The molecule has 13 heteroatoms. The van der Waals surface area contributed by atoms with Crippen molar-refractivity contribution in [1.82, 2.24) is 25.3 Å². The molecule has 2 aliphatic heterocycles. The minimum absolute atomic E-state index is 0. The van der Waals surface area contributed by atoms with E-state index in [4.69, 9.17) is 28.9 Å². The molecule has 3 aromatic heterocycles. The van der Waals surface area contributed by atoms with Crippen LogP contribution in [0.3, 0.4) is 0 Å². The van der Waals surface area contributed by atoms with Gasteiger partial charge in [0.15, 0.2) is 6.29 Å². The molecule has 1 amide bonds. The van der Waals surface area contributed by atoms with Gasteiger partial charge >= 0.3 is 35.0 Å². The maximum Gasteiger partial charge on any atom is 2.00 e. The molecular weight excluding hydrogens is 963 g/mol. The van der Waals surface area contributed by atoms with Gasteiger partial charge in [-0.3, -0.25) is 19.4 Å². The molecule has 0 aromatic carbocycles. The summed E-state index contributed by atoms with van der Waals surface area (Å²) in [5, 5.41) is 3.16. The summed E-state index contributed by atoms with van der Waals surface area (Å²) < 4.78 is 22.8. The molecule has 0 aliphatic carbocycles. The van der Waals surface area contributed by atoms with Gasteiger partial charge in [0.2, 0.25) is 0 Å². The molecule has 0 radical (unpaired) electrons. The van der Waals surface area contributed by atoms with Gasteiger partial charge in [0, 0.05) is 83.3 Å². The van der Waals surface area contributed by atoms with E-state index in [-0.39, 0.29) is 72.5 Å². The second-order valence-corrected chi connectivity index (χ2v) is 21.8. The number of aromatic nitrogens is 4. The Labute approximate surface area is 472 Å². The molecule has 12 nitrogen and oxygen atoms in total. The first-order valence-electron chi connectivity index (χ1n) is 28.4. The van der Waals surface area contributed by atoms with E-state index >= 15 is 0 Å². The summed E-state index contributed by atoms with van der Waals surface area (Å²) in [5.74, 6) is 0.663. The van der Waals surface area contributed by atoms with Gasteiger partial charge in [-0.05, 0) is 138 Å².